The maximum atomic E-state index is 10.2. The lowest BCUT2D eigenvalue weighted by Crippen LogP contribution is -2.32. The molecule has 2 nitrogen and oxygen atoms in total. The maximum absolute atomic E-state index is 10.2. The van der Waals surface area contributed by atoms with Crippen LogP contribution in [0.15, 0.2) is 24.3 Å². The number of benzene rings is 1. The summed E-state index contributed by atoms with van der Waals surface area (Å²) in [6.45, 7) is 9.54. The minimum Gasteiger partial charge on any atom is -0.387 e. The summed E-state index contributed by atoms with van der Waals surface area (Å²) in [6, 6.07) is 8.48. The average molecular weight is 249 g/mol. The van der Waals surface area contributed by atoms with Gasteiger partial charge >= 0.3 is 0 Å². The molecular weight excluding hydrogens is 222 g/mol. The molecule has 2 N–H and O–H groups in total. The van der Waals surface area contributed by atoms with E-state index in [9.17, 15) is 5.11 Å². The third-order valence-corrected chi connectivity index (χ3v) is 3.65. The lowest BCUT2D eigenvalue weighted by molar-refractivity contribution is 0.136. The molecule has 1 aromatic rings. The van der Waals surface area contributed by atoms with Crippen molar-refractivity contribution < 1.29 is 5.11 Å². The predicted molar refractivity (Wildman–Crippen MR) is 77.9 cm³/mol. The third kappa shape index (κ3) is 4.11. The van der Waals surface area contributed by atoms with Gasteiger partial charge < -0.3 is 10.4 Å². The minimum absolute atomic E-state index is 0.0967. The van der Waals surface area contributed by atoms with Gasteiger partial charge in [0.05, 0.1) is 6.10 Å². The van der Waals surface area contributed by atoms with E-state index in [4.69, 9.17) is 0 Å². The van der Waals surface area contributed by atoms with Gasteiger partial charge in [-0.1, -0.05) is 45.0 Å². The molecule has 0 fully saturated rings. The Morgan fingerprint density at radius 3 is 2.11 bits per heavy atom. The quantitative estimate of drug-likeness (QED) is 0.773. The molecule has 2 heteroatoms. The van der Waals surface area contributed by atoms with Crippen LogP contribution >= 0.6 is 0 Å². The second-order valence-corrected chi connectivity index (χ2v) is 5.16. The topological polar surface area (TPSA) is 32.3 Å². The highest BCUT2D eigenvalue weighted by Gasteiger charge is 2.15. The van der Waals surface area contributed by atoms with Crippen LogP contribution in [0.5, 0.6) is 0 Å². The summed E-state index contributed by atoms with van der Waals surface area (Å²) in [5.74, 6) is 0.590. The Balaban J connectivity index is 2.66. The zero-order valence-electron chi connectivity index (χ0n) is 12.1. The molecule has 0 aromatic heterocycles. The summed E-state index contributed by atoms with van der Waals surface area (Å²) >= 11 is 0. The molecule has 0 amide bonds. The fourth-order valence-corrected chi connectivity index (χ4v) is 2.03. The van der Waals surface area contributed by atoms with Crippen LogP contribution < -0.4 is 5.32 Å². The summed E-state index contributed by atoms with van der Waals surface area (Å²) in [4.78, 5) is 0. The van der Waals surface area contributed by atoms with Crippen LogP contribution in [0.4, 0.5) is 0 Å². The van der Waals surface area contributed by atoms with Crippen molar-refractivity contribution in [3.05, 3.63) is 35.4 Å². The molecule has 0 aliphatic rings. The molecule has 0 bridgehead atoms. The number of aliphatic hydroxyl groups is 1. The van der Waals surface area contributed by atoms with Gasteiger partial charge in [0.25, 0.3) is 0 Å². The maximum Gasteiger partial charge on any atom is 0.0940 e. The molecule has 0 radical (unpaired) electrons. The molecule has 1 aromatic carbocycles. The van der Waals surface area contributed by atoms with Crippen LogP contribution in [0.1, 0.15) is 63.7 Å². The average Bonchev–Trinajstić information content (AvgIpc) is 2.43. The van der Waals surface area contributed by atoms with E-state index in [1.54, 1.807) is 0 Å². The van der Waals surface area contributed by atoms with Gasteiger partial charge in [-0.3, -0.25) is 0 Å². The van der Waals surface area contributed by atoms with Gasteiger partial charge in [-0.2, -0.15) is 0 Å². The first-order chi connectivity index (χ1) is 8.60. The van der Waals surface area contributed by atoms with Crippen molar-refractivity contribution in [2.24, 2.45) is 0 Å². The number of aliphatic hydroxyl groups excluding tert-OH is 1. The standard InChI is InChI=1S/C16H27NO/c1-5-11-17-13(4)16(18)15-9-7-14(8-10-15)12(3)6-2/h7-10,12-13,16-18H,5-6,11H2,1-4H3. The van der Waals surface area contributed by atoms with Crippen LogP contribution in [0.3, 0.4) is 0 Å². The van der Waals surface area contributed by atoms with Gasteiger partial charge in [-0.05, 0) is 43.4 Å². The van der Waals surface area contributed by atoms with E-state index in [0.717, 1.165) is 24.9 Å². The molecule has 0 heterocycles. The van der Waals surface area contributed by atoms with Crippen molar-refractivity contribution in [1.29, 1.82) is 0 Å². The van der Waals surface area contributed by atoms with E-state index in [1.807, 2.05) is 6.92 Å². The van der Waals surface area contributed by atoms with Crippen LogP contribution in [-0.2, 0) is 0 Å². The SMILES string of the molecule is CCCNC(C)C(O)c1ccc(C(C)CC)cc1. The van der Waals surface area contributed by atoms with Crippen molar-refractivity contribution in [1.82, 2.24) is 5.32 Å². The molecule has 18 heavy (non-hydrogen) atoms. The Morgan fingerprint density at radius 2 is 1.61 bits per heavy atom. The monoisotopic (exact) mass is 249 g/mol. The highest BCUT2D eigenvalue weighted by molar-refractivity contribution is 5.27. The highest BCUT2D eigenvalue weighted by atomic mass is 16.3. The molecule has 0 spiro atoms. The molecule has 1 rings (SSSR count). The summed E-state index contributed by atoms with van der Waals surface area (Å²) in [7, 11) is 0. The first-order valence-corrected chi connectivity index (χ1v) is 7.11. The Hall–Kier alpha value is -0.860. The van der Waals surface area contributed by atoms with Crippen LogP contribution in [0.25, 0.3) is 0 Å². The third-order valence-electron chi connectivity index (χ3n) is 3.65. The molecule has 0 saturated heterocycles. The molecule has 0 aliphatic heterocycles. The van der Waals surface area contributed by atoms with Gasteiger partial charge in [0.15, 0.2) is 0 Å². The van der Waals surface area contributed by atoms with Crippen molar-refractivity contribution in [2.45, 2.75) is 58.6 Å². The molecule has 102 valence electrons. The van der Waals surface area contributed by atoms with E-state index >= 15 is 0 Å². The Labute approximate surface area is 111 Å². The van der Waals surface area contributed by atoms with Crippen molar-refractivity contribution in [2.75, 3.05) is 6.54 Å². The van der Waals surface area contributed by atoms with Crippen LogP contribution in [-0.4, -0.2) is 17.7 Å². The fraction of sp³-hybridized carbons (Fsp3) is 0.625. The van der Waals surface area contributed by atoms with Crippen LogP contribution in [0.2, 0.25) is 0 Å². The number of hydrogen-bond donors (Lipinski definition) is 2. The van der Waals surface area contributed by atoms with Crippen molar-refractivity contribution in [3.63, 3.8) is 0 Å². The zero-order valence-corrected chi connectivity index (χ0v) is 12.1. The summed E-state index contributed by atoms with van der Waals surface area (Å²) < 4.78 is 0. The number of hydrogen-bond acceptors (Lipinski definition) is 2. The first kappa shape index (κ1) is 15.2. The van der Waals surface area contributed by atoms with Gasteiger partial charge in [-0.25, -0.2) is 0 Å². The summed E-state index contributed by atoms with van der Waals surface area (Å²) in [5, 5.41) is 13.6. The van der Waals surface area contributed by atoms with E-state index in [0.29, 0.717) is 5.92 Å². The Kier molecular flexibility index (Phi) is 6.37. The summed E-state index contributed by atoms with van der Waals surface area (Å²) in [5.41, 5.74) is 2.35. The fourth-order valence-electron chi connectivity index (χ4n) is 2.03. The van der Waals surface area contributed by atoms with Crippen LogP contribution in [0, 0.1) is 0 Å². The van der Waals surface area contributed by atoms with Gasteiger partial charge in [-0.15, -0.1) is 0 Å². The van der Waals surface area contributed by atoms with Crippen molar-refractivity contribution in [3.8, 4) is 0 Å². The molecule has 3 atom stereocenters. The zero-order chi connectivity index (χ0) is 13.5. The lowest BCUT2D eigenvalue weighted by atomic mass is 9.95. The smallest absolute Gasteiger partial charge is 0.0940 e. The van der Waals surface area contributed by atoms with Gasteiger partial charge in [0.1, 0.15) is 0 Å². The van der Waals surface area contributed by atoms with Gasteiger partial charge in [0.2, 0.25) is 0 Å². The summed E-state index contributed by atoms with van der Waals surface area (Å²) in [6.07, 6.45) is 1.81. The largest absolute Gasteiger partial charge is 0.387 e. The normalized spacial score (nSPS) is 16.3. The predicted octanol–water partition coefficient (Wildman–Crippen LogP) is 3.62. The molecular formula is C16H27NO. The Bertz CT molecular complexity index is 333. The molecule has 3 unspecified atom stereocenters. The van der Waals surface area contributed by atoms with E-state index in [-0.39, 0.29) is 6.04 Å². The van der Waals surface area contributed by atoms with Gasteiger partial charge in [0, 0.05) is 6.04 Å². The lowest BCUT2D eigenvalue weighted by Gasteiger charge is -2.21. The second kappa shape index (κ2) is 7.55. The van der Waals surface area contributed by atoms with E-state index < -0.39 is 6.10 Å². The van der Waals surface area contributed by atoms with E-state index in [2.05, 4.69) is 50.4 Å². The minimum atomic E-state index is -0.428. The molecule has 0 saturated carbocycles. The Morgan fingerprint density at radius 1 is 1.06 bits per heavy atom. The highest BCUT2D eigenvalue weighted by Crippen LogP contribution is 2.22. The second-order valence-electron chi connectivity index (χ2n) is 5.16. The number of rotatable bonds is 7. The number of nitrogens with one attached hydrogen (secondary N) is 1. The first-order valence-electron chi connectivity index (χ1n) is 7.11. The van der Waals surface area contributed by atoms with E-state index in [1.165, 1.54) is 5.56 Å². The van der Waals surface area contributed by atoms with Crippen molar-refractivity contribution >= 4 is 0 Å². The molecule has 0 aliphatic carbocycles.